The fourth-order valence-electron chi connectivity index (χ4n) is 2.95. The largest absolute Gasteiger partial charge is 0.478 e. The van der Waals surface area contributed by atoms with Crippen molar-refractivity contribution in [1.82, 2.24) is 5.32 Å². The van der Waals surface area contributed by atoms with E-state index < -0.39 is 5.97 Å². The van der Waals surface area contributed by atoms with Crippen LogP contribution >= 0.6 is 0 Å². The van der Waals surface area contributed by atoms with Gasteiger partial charge in [-0.05, 0) is 50.3 Å². The van der Waals surface area contributed by atoms with E-state index in [1.54, 1.807) is 12.1 Å². The molecule has 1 heterocycles. The van der Waals surface area contributed by atoms with Crippen molar-refractivity contribution >= 4 is 17.6 Å². The average Bonchev–Trinajstić information content (AvgIpc) is 3.29. The van der Waals surface area contributed by atoms with Gasteiger partial charge in [0.05, 0.1) is 5.56 Å². The third-order valence-electron chi connectivity index (χ3n) is 4.29. The van der Waals surface area contributed by atoms with Crippen molar-refractivity contribution in [2.24, 2.45) is 0 Å². The van der Waals surface area contributed by atoms with Crippen LogP contribution in [-0.2, 0) is 11.2 Å². The number of carbonyl (C=O) groups excluding carboxylic acids is 1. The van der Waals surface area contributed by atoms with Crippen molar-refractivity contribution in [3.63, 3.8) is 0 Å². The molecule has 5 nitrogen and oxygen atoms in total. The highest BCUT2D eigenvalue weighted by Gasteiger charge is 2.31. The fraction of sp³-hybridized carbons (Fsp3) is 0.500. The molecule has 0 radical (unpaired) electrons. The summed E-state index contributed by atoms with van der Waals surface area (Å²) in [7, 11) is 0. The number of nitrogens with zero attached hydrogens (tertiary/aromatic N) is 1. The first-order valence-corrected chi connectivity index (χ1v) is 7.50. The number of carbonyl (C=O) groups is 2. The Bertz CT molecular complexity index is 581. The first-order valence-electron chi connectivity index (χ1n) is 7.50. The first kappa shape index (κ1) is 13.9. The van der Waals surface area contributed by atoms with Crippen LogP contribution in [0, 0.1) is 0 Å². The maximum Gasteiger partial charge on any atom is 0.336 e. The molecule has 112 valence electrons. The molecular weight excluding hydrogens is 268 g/mol. The molecule has 0 aromatic heterocycles. The van der Waals surface area contributed by atoms with E-state index in [4.69, 9.17) is 0 Å². The Morgan fingerprint density at radius 2 is 2.14 bits per heavy atom. The van der Waals surface area contributed by atoms with E-state index in [0.717, 1.165) is 43.5 Å². The summed E-state index contributed by atoms with van der Waals surface area (Å²) in [5, 5.41) is 12.3. The number of hydrogen-bond acceptors (Lipinski definition) is 3. The summed E-state index contributed by atoms with van der Waals surface area (Å²) in [6, 6.07) is 5.39. The molecule has 1 aromatic carbocycles. The van der Waals surface area contributed by atoms with Gasteiger partial charge in [-0.3, -0.25) is 4.79 Å². The van der Waals surface area contributed by atoms with E-state index in [0.29, 0.717) is 11.6 Å². The van der Waals surface area contributed by atoms with Gasteiger partial charge < -0.3 is 15.3 Å². The lowest BCUT2D eigenvalue weighted by atomic mass is 9.95. The molecule has 1 aliphatic carbocycles. The second kappa shape index (κ2) is 5.39. The van der Waals surface area contributed by atoms with E-state index in [1.807, 2.05) is 17.9 Å². The minimum absolute atomic E-state index is 0.0334. The summed E-state index contributed by atoms with van der Waals surface area (Å²) in [5.74, 6) is -0.866. The van der Waals surface area contributed by atoms with Crippen LogP contribution in [0.1, 0.15) is 42.1 Å². The molecular formula is C16H20N2O3. The van der Waals surface area contributed by atoms with Gasteiger partial charge in [-0.1, -0.05) is 6.07 Å². The molecule has 21 heavy (non-hydrogen) atoms. The van der Waals surface area contributed by atoms with Gasteiger partial charge in [-0.15, -0.1) is 0 Å². The Morgan fingerprint density at radius 3 is 2.81 bits per heavy atom. The number of carboxylic acid groups (broad SMARTS) is 1. The zero-order chi connectivity index (χ0) is 15.0. The smallest absolute Gasteiger partial charge is 0.336 e. The molecule has 0 saturated heterocycles. The predicted octanol–water partition coefficient (Wildman–Crippen LogP) is 1.80. The minimum Gasteiger partial charge on any atom is -0.478 e. The molecule has 1 aromatic rings. The van der Waals surface area contributed by atoms with E-state index in [-0.39, 0.29) is 11.9 Å². The third-order valence-corrected chi connectivity index (χ3v) is 4.29. The molecule has 1 aliphatic heterocycles. The maximum absolute atomic E-state index is 12.3. The van der Waals surface area contributed by atoms with Crippen LogP contribution < -0.4 is 10.2 Å². The number of amides is 1. The summed E-state index contributed by atoms with van der Waals surface area (Å²) in [6.45, 7) is 2.68. The number of fused-ring (bicyclic) bond motifs is 1. The zero-order valence-electron chi connectivity index (χ0n) is 12.1. The standard InChI is InChI=1S/C16H20N2O3/c1-10(15(19)17-11-7-8-11)18-9-3-5-12-13(16(20)21)4-2-6-14(12)18/h2,4,6,10-11H,3,5,7-9H2,1H3,(H,17,19)(H,20,21). The summed E-state index contributed by atoms with van der Waals surface area (Å²) >= 11 is 0. The number of nitrogens with one attached hydrogen (secondary N) is 1. The number of rotatable bonds is 4. The van der Waals surface area contributed by atoms with Gasteiger partial charge in [0.15, 0.2) is 0 Å². The predicted molar refractivity (Wildman–Crippen MR) is 79.7 cm³/mol. The van der Waals surface area contributed by atoms with Crippen molar-refractivity contribution in [1.29, 1.82) is 0 Å². The first-order chi connectivity index (χ1) is 10.1. The van der Waals surface area contributed by atoms with Crippen LogP contribution in [0.4, 0.5) is 5.69 Å². The molecule has 1 saturated carbocycles. The van der Waals surface area contributed by atoms with Crippen molar-refractivity contribution in [3.05, 3.63) is 29.3 Å². The highest BCUT2D eigenvalue weighted by atomic mass is 16.4. The van der Waals surface area contributed by atoms with Crippen LogP contribution in [0.3, 0.4) is 0 Å². The highest BCUT2D eigenvalue weighted by molar-refractivity contribution is 5.93. The molecule has 2 N–H and O–H groups in total. The van der Waals surface area contributed by atoms with Gasteiger partial charge in [-0.25, -0.2) is 4.79 Å². The monoisotopic (exact) mass is 288 g/mol. The Kier molecular flexibility index (Phi) is 3.57. The topological polar surface area (TPSA) is 69.6 Å². The van der Waals surface area contributed by atoms with Crippen molar-refractivity contribution in [2.75, 3.05) is 11.4 Å². The van der Waals surface area contributed by atoms with Crippen LogP contribution in [0.15, 0.2) is 18.2 Å². The zero-order valence-corrected chi connectivity index (χ0v) is 12.1. The summed E-state index contributed by atoms with van der Waals surface area (Å²) in [5.41, 5.74) is 2.09. The molecule has 1 fully saturated rings. The number of benzene rings is 1. The van der Waals surface area contributed by atoms with Crippen molar-refractivity contribution in [2.45, 2.75) is 44.7 Å². The van der Waals surface area contributed by atoms with Gasteiger partial charge in [-0.2, -0.15) is 0 Å². The molecule has 0 spiro atoms. The Balaban J connectivity index is 1.87. The molecule has 5 heteroatoms. The van der Waals surface area contributed by atoms with Gasteiger partial charge in [0.1, 0.15) is 6.04 Å². The normalized spacial score (nSPS) is 18.8. The molecule has 0 bridgehead atoms. The minimum atomic E-state index is -0.899. The number of hydrogen-bond donors (Lipinski definition) is 2. The molecule has 1 amide bonds. The van der Waals surface area contributed by atoms with Gasteiger partial charge in [0, 0.05) is 18.3 Å². The second-order valence-electron chi connectivity index (χ2n) is 5.86. The van der Waals surface area contributed by atoms with E-state index in [2.05, 4.69) is 5.32 Å². The maximum atomic E-state index is 12.3. The van der Waals surface area contributed by atoms with E-state index in [1.165, 1.54) is 0 Å². The molecule has 1 unspecified atom stereocenters. The summed E-state index contributed by atoms with van der Waals surface area (Å²) in [6.07, 6.45) is 3.76. The lowest BCUT2D eigenvalue weighted by Crippen LogP contribution is -2.48. The van der Waals surface area contributed by atoms with Gasteiger partial charge in [0.25, 0.3) is 0 Å². The number of anilines is 1. The van der Waals surface area contributed by atoms with Gasteiger partial charge >= 0.3 is 5.97 Å². The van der Waals surface area contributed by atoms with Crippen LogP contribution in [0.5, 0.6) is 0 Å². The van der Waals surface area contributed by atoms with E-state index >= 15 is 0 Å². The quantitative estimate of drug-likeness (QED) is 0.886. The number of carboxylic acids is 1. The SMILES string of the molecule is CC(C(=O)NC1CC1)N1CCCc2c(C(=O)O)cccc21. The molecule has 3 rings (SSSR count). The Labute approximate surface area is 123 Å². The lowest BCUT2D eigenvalue weighted by Gasteiger charge is -2.36. The Morgan fingerprint density at radius 1 is 1.38 bits per heavy atom. The van der Waals surface area contributed by atoms with Crippen molar-refractivity contribution in [3.8, 4) is 0 Å². The van der Waals surface area contributed by atoms with Crippen LogP contribution in [0.25, 0.3) is 0 Å². The molecule has 2 aliphatic rings. The van der Waals surface area contributed by atoms with Crippen molar-refractivity contribution < 1.29 is 14.7 Å². The number of aromatic carboxylic acids is 1. The highest BCUT2D eigenvalue weighted by Crippen LogP contribution is 2.31. The Hall–Kier alpha value is -2.04. The second-order valence-corrected chi connectivity index (χ2v) is 5.86. The van der Waals surface area contributed by atoms with Crippen LogP contribution in [0.2, 0.25) is 0 Å². The summed E-state index contributed by atoms with van der Waals surface area (Å²) < 4.78 is 0. The molecule has 1 atom stereocenters. The van der Waals surface area contributed by atoms with Crippen LogP contribution in [-0.4, -0.2) is 35.6 Å². The average molecular weight is 288 g/mol. The summed E-state index contributed by atoms with van der Waals surface area (Å²) in [4.78, 5) is 25.6. The fourth-order valence-corrected chi connectivity index (χ4v) is 2.95. The lowest BCUT2D eigenvalue weighted by molar-refractivity contribution is -0.122. The van der Waals surface area contributed by atoms with Gasteiger partial charge in [0.2, 0.25) is 5.91 Å². The third kappa shape index (κ3) is 2.73. The van der Waals surface area contributed by atoms with E-state index in [9.17, 15) is 14.7 Å².